The van der Waals surface area contributed by atoms with E-state index < -0.39 is 0 Å². The summed E-state index contributed by atoms with van der Waals surface area (Å²) in [5.74, 6) is 0. The third kappa shape index (κ3) is 3.75. The molecule has 0 radical (unpaired) electrons. The summed E-state index contributed by atoms with van der Waals surface area (Å²) in [6.45, 7) is 6.04. The Bertz CT molecular complexity index is 446. The average Bonchev–Trinajstić information content (AvgIpc) is 3.19. The van der Waals surface area contributed by atoms with Crippen molar-refractivity contribution in [2.45, 2.75) is 18.9 Å². The number of carbonyl (C=O) groups is 1. The first-order valence-electron chi connectivity index (χ1n) is 7.71. The molecule has 1 aromatic rings. The summed E-state index contributed by atoms with van der Waals surface area (Å²) in [6.07, 6.45) is 2.17. The Morgan fingerprint density at radius 2 is 2.24 bits per heavy atom. The number of nitrogens with zero attached hydrogens (tertiary/aromatic N) is 2. The molecule has 3 heterocycles. The van der Waals surface area contributed by atoms with Crippen LogP contribution < -0.4 is 5.32 Å². The highest BCUT2D eigenvalue weighted by Gasteiger charge is 2.29. The molecular weight excluding hydrogens is 286 g/mol. The van der Waals surface area contributed by atoms with Gasteiger partial charge in [-0.05, 0) is 35.2 Å². The summed E-state index contributed by atoms with van der Waals surface area (Å²) >= 11 is 1.70. The Hall–Kier alpha value is -1.11. The van der Waals surface area contributed by atoms with Crippen LogP contribution in [0.2, 0.25) is 0 Å². The van der Waals surface area contributed by atoms with E-state index in [1.54, 1.807) is 11.3 Å². The summed E-state index contributed by atoms with van der Waals surface area (Å²) in [5.41, 5.74) is 1.28. The Kier molecular flexibility index (Phi) is 5.11. The maximum atomic E-state index is 12.4. The summed E-state index contributed by atoms with van der Waals surface area (Å²) in [7, 11) is 0. The molecule has 2 amide bonds. The van der Waals surface area contributed by atoms with Crippen LogP contribution in [0.3, 0.4) is 0 Å². The largest absolute Gasteiger partial charge is 0.379 e. The van der Waals surface area contributed by atoms with Gasteiger partial charge < -0.3 is 15.0 Å². The van der Waals surface area contributed by atoms with Crippen molar-refractivity contribution in [3.63, 3.8) is 0 Å². The van der Waals surface area contributed by atoms with Gasteiger partial charge in [0.1, 0.15) is 0 Å². The number of urea groups is 1. The minimum absolute atomic E-state index is 0.0805. The van der Waals surface area contributed by atoms with E-state index in [1.165, 1.54) is 5.56 Å². The third-order valence-corrected chi connectivity index (χ3v) is 4.95. The monoisotopic (exact) mass is 309 g/mol. The SMILES string of the molecule is O=C(NCCN1CCOCC1)N1CCC[C@@H]1c1ccsc1. The van der Waals surface area contributed by atoms with Crippen molar-refractivity contribution in [1.82, 2.24) is 15.1 Å². The molecule has 0 spiro atoms. The Morgan fingerprint density at radius 3 is 3.00 bits per heavy atom. The fourth-order valence-electron chi connectivity index (χ4n) is 3.07. The molecule has 116 valence electrons. The fourth-order valence-corrected chi connectivity index (χ4v) is 3.78. The number of ether oxygens (including phenoxy) is 1. The van der Waals surface area contributed by atoms with Crippen molar-refractivity contribution in [3.05, 3.63) is 22.4 Å². The van der Waals surface area contributed by atoms with E-state index in [9.17, 15) is 4.79 Å². The van der Waals surface area contributed by atoms with Gasteiger partial charge in [0.25, 0.3) is 0 Å². The van der Waals surface area contributed by atoms with Crippen molar-refractivity contribution < 1.29 is 9.53 Å². The summed E-state index contributed by atoms with van der Waals surface area (Å²) in [5, 5.41) is 7.31. The number of thiophene rings is 1. The van der Waals surface area contributed by atoms with Crippen molar-refractivity contribution in [2.75, 3.05) is 45.9 Å². The molecule has 1 aromatic heterocycles. The van der Waals surface area contributed by atoms with E-state index in [1.807, 2.05) is 4.90 Å². The molecule has 2 fully saturated rings. The molecule has 5 nitrogen and oxygen atoms in total. The minimum Gasteiger partial charge on any atom is -0.379 e. The summed E-state index contributed by atoms with van der Waals surface area (Å²) in [6, 6.07) is 2.48. The first-order chi connectivity index (χ1) is 10.3. The second kappa shape index (κ2) is 7.24. The van der Waals surface area contributed by atoms with Gasteiger partial charge in [-0.25, -0.2) is 4.79 Å². The van der Waals surface area contributed by atoms with Crippen LogP contribution in [0.25, 0.3) is 0 Å². The van der Waals surface area contributed by atoms with Crippen LogP contribution in [0, 0.1) is 0 Å². The molecule has 21 heavy (non-hydrogen) atoms. The number of likely N-dealkylation sites (tertiary alicyclic amines) is 1. The molecule has 1 atom stereocenters. The zero-order valence-corrected chi connectivity index (χ0v) is 13.1. The second-order valence-corrected chi connectivity index (χ2v) is 6.37. The van der Waals surface area contributed by atoms with Crippen LogP contribution in [0.15, 0.2) is 16.8 Å². The standard InChI is InChI=1S/C15H23N3O2S/c19-15(16-4-6-17-7-9-20-10-8-17)18-5-1-2-14(18)13-3-11-21-12-13/h3,11-12,14H,1-2,4-10H2,(H,16,19)/t14-/m1/s1. The van der Waals surface area contributed by atoms with E-state index in [0.717, 1.165) is 52.2 Å². The van der Waals surface area contributed by atoms with Crippen molar-refractivity contribution >= 4 is 17.4 Å². The highest BCUT2D eigenvalue weighted by molar-refractivity contribution is 7.07. The average molecular weight is 309 g/mol. The first kappa shape index (κ1) is 14.8. The molecule has 0 saturated carbocycles. The molecule has 0 aromatic carbocycles. The lowest BCUT2D eigenvalue weighted by Gasteiger charge is -2.28. The van der Waals surface area contributed by atoms with Gasteiger partial charge in [-0.15, -0.1) is 0 Å². The molecule has 6 heteroatoms. The molecule has 0 bridgehead atoms. The normalized spacial score (nSPS) is 23.4. The molecule has 3 rings (SSSR count). The predicted molar refractivity (Wildman–Crippen MR) is 83.7 cm³/mol. The van der Waals surface area contributed by atoms with Crippen LogP contribution in [0.5, 0.6) is 0 Å². The summed E-state index contributed by atoms with van der Waals surface area (Å²) in [4.78, 5) is 16.7. The quantitative estimate of drug-likeness (QED) is 0.924. The lowest BCUT2D eigenvalue weighted by Crippen LogP contribution is -2.45. The van der Waals surface area contributed by atoms with Crippen molar-refractivity contribution in [2.24, 2.45) is 0 Å². The van der Waals surface area contributed by atoms with E-state index >= 15 is 0 Å². The van der Waals surface area contributed by atoms with E-state index in [4.69, 9.17) is 4.74 Å². The van der Waals surface area contributed by atoms with Gasteiger partial charge in [-0.2, -0.15) is 11.3 Å². The van der Waals surface area contributed by atoms with Crippen molar-refractivity contribution in [1.29, 1.82) is 0 Å². The number of hydrogen-bond acceptors (Lipinski definition) is 4. The second-order valence-electron chi connectivity index (χ2n) is 5.59. The highest BCUT2D eigenvalue weighted by Crippen LogP contribution is 2.32. The van der Waals surface area contributed by atoms with Gasteiger partial charge in [0.05, 0.1) is 19.3 Å². The molecule has 1 N–H and O–H groups in total. The predicted octanol–water partition coefficient (Wildman–Crippen LogP) is 1.93. The van der Waals surface area contributed by atoms with E-state index in [0.29, 0.717) is 6.54 Å². The van der Waals surface area contributed by atoms with Crippen LogP contribution >= 0.6 is 11.3 Å². The maximum Gasteiger partial charge on any atom is 0.317 e. The first-order valence-corrected chi connectivity index (χ1v) is 8.65. The van der Waals surface area contributed by atoms with Gasteiger partial charge >= 0.3 is 6.03 Å². The van der Waals surface area contributed by atoms with Gasteiger partial charge in [-0.3, -0.25) is 4.90 Å². The van der Waals surface area contributed by atoms with Gasteiger partial charge in [0, 0.05) is 32.7 Å². The lowest BCUT2D eigenvalue weighted by molar-refractivity contribution is 0.0385. The van der Waals surface area contributed by atoms with Crippen LogP contribution in [-0.2, 0) is 4.74 Å². The highest BCUT2D eigenvalue weighted by atomic mass is 32.1. The van der Waals surface area contributed by atoms with E-state index in [2.05, 4.69) is 27.0 Å². The third-order valence-electron chi connectivity index (χ3n) is 4.25. The minimum atomic E-state index is 0.0805. The Labute approximate surface area is 129 Å². The van der Waals surface area contributed by atoms with Crippen molar-refractivity contribution in [3.8, 4) is 0 Å². The molecule has 2 aliphatic rings. The van der Waals surface area contributed by atoms with Crippen LogP contribution in [0.1, 0.15) is 24.4 Å². The smallest absolute Gasteiger partial charge is 0.317 e. The number of nitrogens with one attached hydrogen (secondary N) is 1. The molecule has 2 aliphatic heterocycles. The molecular formula is C15H23N3O2S. The molecule has 0 unspecified atom stereocenters. The van der Waals surface area contributed by atoms with Gasteiger partial charge in [0.15, 0.2) is 0 Å². The van der Waals surface area contributed by atoms with E-state index in [-0.39, 0.29) is 12.1 Å². The summed E-state index contributed by atoms with van der Waals surface area (Å²) < 4.78 is 5.33. The zero-order valence-electron chi connectivity index (χ0n) is 12.3. The lowest BCUT2D eigenvalue weighted by atomic mass is 10.1. The van der Waals surface area contributed by atoms with Crippen LogP contribution in [-0.4, -0.2) is 61.8 Å². The van der Waals surface area contributed by atoms with Gasteiger partial charge in [-0.1, -0.05) is 0 Å². The Morgan fingerprint density at radius 1 is 1.38 bits per heavy atom. The molecule has 2 saturated heterocycles. The Balaban J connectivity index is 1.46. The number of rotatable bonds is 4. The molecule has 0 aliphatic carbocycles. The number of amides is 2. The number of morpholine rings is 1. The zero-order chi connectivity index (χ0) is 14.5. The maximum absolute atomic E-state index is 12.4. The number of carbonyl (C=O) groups excluding carboxylic acids is 1. The van der Waals surface area contributed by atoms with Gasteiger partial charge in [0.2, 0.25) is 0 Å². The van der Waals surface area contributed by atoms with Crippen LogP contribution in [0.4, 0.5) is 4.79 Å². The topological polar surface area (TPSA) is 44.8 Å². The number of hydrogen-bond donors (Lipinski definition) is 1. The fraction of sp³-hybridized carbons (Fsp3) is 0.667.